The maximum absolute atomic E-state index is 13.9. The second-order valence-corrected chi connectivity index (χ2v) is 7.09. The SMILES string of the molecule is Cn1ccnc1C(=O)c1cc(SCc2ccccc2F)nc2ccccc12. The average molecular weight is 377 g/mol. The summed E-state index contributed by atoms with van der Waals surface area (Å²) >= 11 is 1.41. The fraction of sp³-hybridized carbons (Fsp3) is 0.0952. The molecule has 2 aromatic carbocycles. The van der Waals surface area contributed by atoms with Gasteiger partial charge in [0.2, 0.25) is 5.78 Å². The van der Waals surface area contributed by atoms with Crippen LogP contribution in [0.4, 0.5) is 4.39 Å². The van der Waals surface area contributed by atoms with Gasteiger partial charge in [-0.2, -0.15) is 0 Å². The summed E-state index contributed by atoms with van der Waals surface area (Å²) in [5, 5.41) is 1.45. The van der Waals surface area contributed by atoms with Gasteiger partial charge in [-0.3, -0.25) is 4.79 Å². The van der Waals surface area contributed by atoms with Crippen LogP contribution < -0.4 is 0 Å². The summed E-state index contributed by atoms with van der Waals surface area (Å²) in [4.78, 5) is 21.8. The molecular weight excluding hydrogens is 361 g/mol. The third-order valence-electron chi connectivity index (χ3n) is 4.29. The summed E-state index contributed by atoms with van der Waals surface area (Å²) in [6.45, 7) is 0. The predicted octanol–water partition coefficient (Wildman–Crippen LogP) is 4.63. The molecule has 134 valence electrons. The number of nitrogens with zero attached hydrogens (tertiary/aromatic N) is 3. The van der Waals surface area contributed by atoms with E-state index in [1.54, 1.807) is 42.2 Å². The Kier molecular flexibility index (Phi) is 4.73. The standard InChI is InChI=1S/C21H16FN3OS/c1-25-11-10-23-21(25)20(26)16-12-19(24-18-9-5-3-7-15(16)18)27-13-14-6-2-4-8-17(14)22/h2-12H,13H2,1H3. The summed E-state index contributed by atoms with van der Waals surface area (Å²) in [6, 6.07) is 16.0. The van der Waals surface area contributed by atoms with Gasteiger partial charge in [-0.05, 0) is 23.8 Å². The lowest BCUT2D eigenvalue weighted by atomic mass is 10.1. The summed E-state index contributed by atoms with van der Waals surface area (Å²) in [6.07, 6.45) is 3.34. The summed E-state index contributed by atoms with van der Waals surface area (Å²) in [7, 11) is 1.79. The van der Waals surface area contributed by atoms with E-state index in [1.807, 2.05) is 30.3 Å². The molecule has 27 heavy (non-hydrogen) atoms. The van der Waals surface area contributed by atoms with Crippen molar-refractivity contribution in [3.63, 3.8) is 0 Å². The molecule has 0 saturated carbocycles. The van der Waals surface area contributed by atoms with E-state index in [2.05, 4.69) is 9.97 Å². The van der Waals surface area contributed by atoms with Gasteiger partial charge in [0, 0.05) is 36.1 Å². The second kappa shape index (κ2) is 7.32. The van der Waals surface area contributed by atoms with Crippen LogP contribution in [0.1, 0.15) is 21.7 Å². The zero-order chi connectivity index (χ0) is 18.8. The third-order valence-corrected chi connectivity index (χ3v) is 5.26. The van der Waals surface area contributed by atoms with E-state index < -0.39 is 0 Å². The maximum Gasteiger partial charge on any atom is 0.229 e. The number of aromatic nitrogens is 3. The topological polar surface area (TPSA) is 47.8 Å². The lowest BCUT2D eigenvalue weighted by Crippen LogP contribution is -2.10. The van der Waals surface area contributed by atoms with E-state index in [0.29, 0.717) is 27.7 Å². The van der Waals surface area contributed by atoms with E-state index in [4.69, 9.17) is 0 Å². The van der Waals surface area contributed by atoms with Crippen LogP contribution in [0.5, 0.6) is 0 Å². The highest BCUT2D eigenvalue weighted by Gasteiger charge is 2.18. The molecule has 0 saturated heterocycles. The number of thioether (sulfide) groups is 1. The van der Waals surface area contributed by atoms with E-state index in [9.17, 15) is 9.18 Å². The van der Waals surface area contributed by atoms with Gasteiger partial charge in [0.1, 0.15) is 5.82 Å². The van der Waals surface area contributed by atoms with Crippen molar-refractivity contribution in [2.75, 3.05) is 0 Å². The van der Waals surface area contributed by atoms with Gasteiger partial charge in [-0.1, -0.05) is 36.4 Å². The van der Waals surface area contributed by atoms with Crippen molar-refractivity contribution >= 4 is 28.4 Å². The quantitative estimate of drug-likeness (QED) is 0.376. The number of hydrogen-bond acceptors (Lipinski definition) is 4. The van der Waals surface area contributed by atoms with Crippen LogP contribution in [0.15, 0.2) is 72.0 Å². The minimum atomic E-state index is -0.241. The number of hydrogen-bond donors (Lipinski definition) is 0. The van der Waals surface area contributed by atoms with E-state index in [-0.39, 0.29) is 11.6 Å². The smallest absolute Gasteiger partial charge is 0.229 e. The average Bonchev–Trinajstić information content (AvgIpc) is 3.12. The third kappa shape index (κ3) is 3.48. The molecule has 2 heterocycles. The Morgan fingerprint density at radius 3 is 2.70 bits per heavy atom. The predicted molar refractivity (Wildman–Crippen MR) is 104 cm³/mol. The molecular formula is C21H16FN3OS. The molecule has 0 aliphatic carbocycles. The number of aryl methyl sites for hydroxylation is 1. The number of benzene rings is 2. The normalized spacial score (nSPS) is 11.0. The molecule has 0 bridgehead atoms. The molecule has 0 unspecified atom stereocenters. The number of ketones is 1. The van der Waals surface area contributed by atoms with Gasteiger partial charge in [-0.15, -0.1) is 11.8 Å². The van der Waals surface area contributed by atoms with Crippen molar-refractivity contribution in [1.29, 1.82) is 0 Å². The molecule has 4 rings (SSSR count). The van der Waals surface area contributed by atoms with Crippen LogP contribution in [0.2, 0.25) is 0 Å². The molecule has 0 aliphatic rings. The number of halogens is 1. The van der Waals surface area contributed by atoms with Gasteiger partial charge >= 0.3 is 0 Å². The monoisotopic (exact) mass is 377 g/mol. The van der Waals surface area contributed by atoms with Crippen LogP contribution in [0.25, 0.3) is 10.9 Å². The van der Waals surface area contributed by atoms with Gasteiger partial charge < -0.3 is 4.57 Å². The molecule has 0 spiro atoms. The Bertz CT molecular complexity index is 1140. The molecule has 6 heteroatoms. The molecule has 0 N–H and O–H groups in total. The van der Waals surface area contributed by atoms with Crippen LogP contribution in [0.3, 0.4) is 0 Å². The minimum Gasteiger partial charge on any atom is -0.331 e. The second-order valence-electron chi connectivity index (χ2n) is 6.10. The van der Waals surface area contributed by atoms with Crippen molar-refractivity contribution in [2.45, 2.75) is 10.8 Å². The first kappa shape index (κ1) is 17.4. The summed E-state index contributed by atoms with van der Waals surface area (Å²) in [5.74, 6) is 0.411. The van der Waals surface area contributed by atoms with Crippen molar-refractivity contribution < 1.29 is 9.18 Å². The highest BCUT2D eigenvalue weighted by molar-refractivity contribution is 7.98. The summed E-state index contributed by atoms with van der Waals surface area (Å²) < 4.78 is 15.6. The van der Waals surface area contributed by atoms with Crippen LogP contribution in [-0.4, -0.2) is 20.3 Å². The van der Waals surface area contributed by atoms with Crippen molar-refractivity contribution in [3.8, 4) is 0 Å². The molecule has 0 radical (unpaired) electrons. The zero-order valence-corrected chi connectivity index (χ0v) is 15.4. The Labute approximate surface area is 160 Å². The molecule has 0 amide bonds. The van der Waals surface area contributed by atoms with Gasteiger partial charge in [0.15, 0.2) is 5.82 Å². The molecule has 0 atom stereocenters. The first-order chi connectivity index (χ1) is 13.1. The summed E-state index contributed by atoms with van der Waals surface area (Å²) in [5.41, 5.74) is 1.88. The van der Waals surface area contributed by atoms with Crippen LogP contribution in [0, 0.1) is 5.82 Å². The Morgan fingerprint density at radius 1 is 1.15 bits per heavy atom. The first-order valence-corrected chi connectivity index (χ1v) is 9.40. The fourth-order valence-electron chi connectivity index (χ4n) is 2.88. The number of para-hydroxylation sites is 1. The van der Waals surface area contributed by atoms with E-state index >= 15 is 0 Å². The number of carbonyl (C=O) groups is 1. The number of fused-ring (bicyclic) bond motifs is 1. The number of pyridine rings is 1. The molecule has 4 aromatic rings. The molecule has 4 nitrogen and oxygen atoms in total. The van der Waals surface area contributed by atoms with Crippen molar-refractivity contribution in [3.05, 3.63) is 89.8 Å². The van der Waals surface area contributed by atoms with Crippen molar-refractivity contribution in [2.24, 2.45) is 7.05 Å². The lowest BCUT2D eigenvalue weighted by Gasteiger charge is -2.09. The Balaban J connectivity index is 1.73. The Morgan fingerprint density at radius 2 is 1.93 bits per heavy atom. The maximum atomic E-state index is 13.9. The van der Waals surface area contributed by atoms with Gasteiger partial charge in [-0.25, -0.2) is 14.4 Å². The van der Waals surface area contributed by atoms with Crippen LogP contribution >= 0.6 is 11.8 Å². The van der Waals surface area contributed by atoms with E-state index in [1.165, 1.54) is 17.8 Å². The zero-order valence-electron chi connectivity index (χ0n) is 14.6. The van der Waals surface area contributed by atoms with Crippen molar-refractivity contribution in [1.82, 2.24) is 14.5 Å². The largest absolute Gasteiger partial charge is 0.331 e. The highest BCUT2D eigenvalue weighted by atomic mass is 32.2. The molecule has 0 fully saturated rings. The van der Waals surface area contributed by atoms with E-state index in [0.717, 1.165) is 10.9 Å². The lowest BCUT2D eigenvalue weighted by molar-refractivity contribution is 0.102. The van der Waals surface area contributed by atoms with Gasteiger partial charge in [0.05, 0.1) is 10.5 Å². The number of rotatable bonds is 5. The Hall–Kier alpha value is -2.99. The van der Waals surface area contributed by atoms with Gasteiger partial charge in [0.25, 0.3) is 0 Å². The van der Waals surface area contributed by atoms with Crippen LogP contribution in [-0.2, 0) is 12.8 Å². The minimum absolute atomic E-state index is 0.158. The molecule has 2 aromatic heterocycles. The molecule has 0 aliphatic heterocycles. The fourth-order valence-corrected chi connectivity index (χ4v) is 3.79. The highest BCUT2D eigenvalue weighted by Crippen LogP contribution is 2.28. The number of imidazole rings is 1. The number of carbonyl (C=O) groups excluding carboxylic acids is 1. The first-order valence-electron chi connectivity index (χ1n) is 8.41.